The fourth-order valence-corrected chi connectivity index (χ4v) is 5.94. The van der Waals surface area contributed by atoms with Crippen molar-refractivity contribution in [2.75, 3.05) is 31.3 Å². The second kappa shape index (κ2) is 13.2. The van der Waals surface area contributed by atoms with Crippen LogP contribution >= 0.6 is 11.3 Å². The van der Waals surface area contributed by atoms with Crippen LogP contribution in [0.2, 0.25) is 0 Å². The molecule has 0 saturated carbocycles. The third kappa shape index (κ3) is 6.01. The SMILES string of the molecule is CCCOc1ccc(C(O)=C2C(=O)C(=O)N(c3nc4ccc(OCC)cc4s3)C2c2ccc(OCC)c(OCC)c2)cc1. The van der Waals surface area contributed by atoms with Crippen molar-refractivity contribution in [1.29, 1.82) is 0 Å². The predicted octanol–water partition coefficient (Wildman–Crippen LogP) is 6.91. The van der Waals surface area contributed by atoms with Gasteiger partial charge in [0.25, 0.3) is 5.78 Å². The summed E-state index contributed by atoms with van der Waals surface area (Å²) in [7, 11) is 0. The number of fused-ring (bicyclic) bond motifs is 1. The smallest absolute Gasteiger partial charge is 0.301 e. The Hall–Kier alpha value is -4.57. The van der Waals surface area contributed by atoms with E-state index in [2.05, 4.69) is 0 Å². The normalized spacial score (nSPS) is 16.1. The molecule has 1 amide bonds. The monoisotopic (exact) mass is 602 g/mol. The van der Waals surface area contributed by atoms with Crippen molar-refractivity contribution >= 4 is 44.1 Å². The molecular weight excluding hydrogens is 568 g/mol. The highest BCUT2D eigenvalue weighted by Crippen LogP contribution is 2.46. The lowest BCUT2D eigenvalue weighted by Crippen LogP contribution is -2.29. The zero-order valence-corrected chi connectivity index (χ0v) is 25.4. The van der Waals surface area contributed by atoms with Gasteiger partial charge in [-0.15, -0.1) is 0 Å². The molecule has 43 heavy (non-hydrogen) atoms. The maximum absolute atomic E-state index is 13.7. The van der Waals surface area contributed by atoms with Crippen LogP contribution in [0, 0.1) is 0 Å². The lowest BCUT2D eigenvalue weighted by Gasteiger charge is -2.24. The Morgan fingerprint density at radius 2 is 1.53 bits per heavy atom. The van der Waals surface area contributed by atoms with Gasteiger partial charge >= 0.3 is 5.91 Å². The number of Topliss-reactive ketones (excluding diaryl/α,β-unsaturated/α-hetero) is 1. The van der Waals surface area contributed by atoms with Crippen molar-refractivity contribution < 1.29 is 33.6 Å². The molecule has 0 bridgehead atoms. The van der Waals surface area contributed by atoms with Gasteiger partial charge in [0.1, 0.15) is 17.3 Å². The maximum atomic E-state index is 13.7. The van der Waals surface area contributed by atoms with Gasteiger partial charge in [-0.05, 0) is 87.4 Å². The molecule has 1 fully saturated rings. The quantitative estimate of drug-likeness (QED) is 0.106. The first-order chi connectivity index (χ1) is 20.9. The van der Waals surface area contributed by atoms with Gasteiger partial charge in [-0.1, -0.05) is 24.3 Å². The van der Waals surface area contributed by atoms with Gasteiger partial charge in [0.15, 0.2) is 16.6 Å². The van der Waals surface area contributed by atoms with Crippen LogP contribution in [0.5, 0.6) is 23.0 Å². The molecular formula is C33H34N2O7S. The number of thiazole rings is 1. The molecule has 1 aromatic heterocycles. The summed E-state index contributed by atoms with van der Waals surface area (Å²) in [6.07, 6.45) is 0.857. The molecule has 0 radical (unpaired) electrons. The molecule has 2 heterocycles. The standard InChI is InChI=1S/C33H34N2O7S/c1-5-17-42-22-12-9-20(10-13-22)30(36)28-29(21-11-16-25(40-7-3)26(18-21)41-8-4)35(32(38)31(28)37)33-34-24-15-14-23(39-6-2)19-27(24)43-33/h9-16,18-19,29,36H,5-8,17H2,1-4H3. The van der Waals surface area contributed by atoms with E-state index < -0.39 is 17.7 Å². The number of aliphatic hydroxyl groups is 1. The number of ether oxygens (including phenoxy) is 4. The van der Waals surface area contributed by atoms with E-state index in [1.54, 1.807) is 42.5 Å². The van der Waals surface area contributed by atoms with E-state index in [0.29, 0.717) is 71.2 Å². The number of rotatable bonds is 12. The van der Waals surface area contributed by atoms with E-state index in [1.807, 2.05) is 45.9 Å². The van der Waals surface area contributed by atoms with Gasteiger partial charge in [-0.25, -0.2) is 4.98 Å². The molecule has 1 aliphatic rings. The highest BCUT2D eigenvalue weighted by molar-refractivity contribution is 7.22. The van der Waals surface area contributed by atoms with E-state index in [-0.39, 0.29) is 11.3 Å². The van der Waals surface area contributed by atoms with Gasteiger partial charge in [0.05, 0.1) is 48.3 Å². The second-order valence-electron chi connectivity index (χ2n) is 9.67. The average Bonchev–Trinajstić information content (AvgIpc) is 3.54. The zero-order valence-electron chi connectivity index (χ0n) is 24.6. The molecule has 9 nitrogen and oxygen atoms in total. The molecule has 0 aliphatic carbocycles. The van der Waals surface area contributed by atoms with Crippen LogP contribution in [0.15, 0.2) is 66.2 Å². The molecule has 0 spiro atoms. The number of carbonyl (C=O) groups excluding carboxylic acids is 2. The summed E-state index contributed by atoms with van der Waals surface area (Å²) < 4.78 is 23.7. The minimum absolute atomic E-state index is 0.0481. The summed E-state index contributed by atoms with van der Waals surface area (Å²) in [6.45, 7) is 9.55. The number of anilines is 1. The molecule has 4 aromatic rings. The van der Waals surface area contributed by atoms with E-state index in [0.717, 1.165) is 11.1 Å². The van der Waals surface area contributed by atoms with Crippen LogP contribution in [0.1, 0.15) is 51.3 Å². The number of aliphatic hydroxyl groups excluding tert-OH is 1. The zero-order chi connectivity index (χ0) is 30.5. The summed E-state index contributed by atoms with van der Waals surface area (Å²) in [4.78, 5) is 33.5. The number of amides is 1. The number of carbonyl (C=O) groups is 2. The Morgan fingerprint density at radius 3 is 2.23 bits per heavy atom. The van der Waals surface area contributed by atoms with Crippen LogP contribution in [-0.4, -0.2) is 48.2 Å². The van der Waals surface area contributed by atoms with Crippen molar-refractivity contribution in [1.82, 2.24) is 4.98 Å². The van der Waals surface area contributed by atoms with Gasteiger partial charge < -0.3 is 24.1 Å². The Kier molecular flexibility index (Phi) is 9.16. The Morgan fingerprint density at radius 1 is 0.837 bits per heavy atom. The summed E-state index contributed by atoms with van der Waals surface area (Å²) in [5.74, 6) is 0.443. The number of hydrogen-bond donors (Lipinski definition) is 1. The van der Waals surface area contributed by atoms with Crippen LogP contribution in [0.4, 0.5) is 5.13 Å². The maximum Gasteiger partial charge on any atom is 0.301 e. The topological polar surface area (TPSA) is 107 Å². The van der Waals surface area contributed by atoms with Gasteiger partial charge in [-0.2, -0.15) is 0 Å². The van der Waals surface area contributed by atoms with Crippen molar-refractivity contribution in [3.8, 4) is 23.0 Å². The molecule has 5 rings (SSSR count). The minimum atomic E-state index is -0.974. The van der Waals surface area contributed by atoms with E-state index in [4.69, 9.17) is 23.9 Å². The molecule has 1 unspecified atom stereocenters. The Balaban J connectivity index is 1.67. The Labute approximate surface area is 254 Å². The Bertz CT molecular complexity index is 1660. The first kappa shape index (κ1) is 29.9. The van der Waals surface area contributed by atoms with Crippen LogP contribution < -0.4 is 23.8 Å². The fourth-order valence-electron chi connectivity index (χ4n) is 4.92. The van der Waals surface area contributed by atoms with Gasteiger partial charge in [-0.3, -0.25) is 14.5 Å². The molecule has 3 aromatic carbocycles. The first-order valence-electron chi connectivity index (χ1n) is 14.4. The lowest BCUT2D eigenvalue weighted by molar-refractivity contribution is -0.132. The summed E-state index contributed by atoms with van der Waals surface area (Å²) >= 11 is 1.27. The molecule has 1 N–H and O–H groups in total. The summed E-state index contributed by atoms with van der Waals surface area (Å²) in [6, 6.07) is 16.6. The highest BCUT2D eigenvalue weighted by Gasteiger charge is 2.48. The molecule has 1 atom stereocenters. The van der Waals surface area contributed by atoms with Gasteiger partial charge in [0, 0.05) is 5.56 Å². The van der Waals surface area contributed by atoms with E-state index in [1.165, 1.54) is 16.2 Å². The predicted molar refractivity (Wildman–Crippen MR) is 167 cm³/mol. The molecule has 1 saturated heterocycles. The summed E-state index contributed by atoms with van der Waals surface area (Å²) in [5.41, 5.74) is 1.56. The second-order valence-corrected chi connectivity index (χ2v) is 10.7. The van der Waals surface area contributed by atoms with Crippen LogP contribution in [-0.2, 0) is 9.59 Å². The third-order valence-corrected chi connectivity index (χ3v) is 7.81. The van der Waals surface area contributed by atoms with Crippen molar-refractivity contribution in [2.24, 2.45) is 0 Å². The number of hydrogen-bond acceptors (Lipinski definition) is 9. The lowest BCUT2D eigenvalue weighted by atomic mass is 9.95. The number of aromatic nitrogens is 1. The van der Waals surface area contributed by atoms with E-state index in [9.17, 15) is 14.7 Å². The van der Waals surface area contributed by atoms with Gasteiger partial charge in [0.2, 0.25) is 0 Å². The average molecular weight is 603 g/mol. The third-order valence-electron chi connectivity index (χ3n) is 6.79. The largest absolute Gasteiger partial charge is 0.507 e. The van der Waals surface area contributed by atoms with Crippen LogP contribution in [0.3, 0.4) is 0 Å². The summed E-state index contributed by atoms with van der Waals surface area (Å²) in [5, 5.41) is 11.9. The van der Waals surface area contributed by atoms with Crippen molar-refractivity contribution in [3.63, 3.8) is 0 Å². The first-order valence-corrected chi connectivity index (χ1v) is 15.2. The van der Waals surface area contributed by atoms with E-state index >= 15 is 0 Å². The molecule has 1 aliphatic heterocycles. The number of nitrogens with zero attached hydrogens (tertiary/aromatic N) is 2. The van der Waals surface area contributed by atoms with Crippen molar-refractivity contribution in [2.45, 2.75) is 40.2 Å². The fraction of sp³-hybridized carbons (Fsp3) is 0.303. The minimum Gasteiger partial charge on any atom is -0.507 e. The van der Waals surface area contributed by atoms with Crippen molar-refractivity contribution in [3.05, 3.63) is 77.4 Å². The van der Waals surface area contributed by atoms with Crippen LogP contribution in [0.25, 0.3) is 16.0 Å². The number of ketones is 1. The molecule has 10 heteroatoms. The number of benzene rings is 3. The molecule has 224 valence electrons. The highest BCUT2D eigenvalue weighted by atomic mass is 32.1.